The lowest BCUT2D eigenvalue weighted by molar-refractivity contribution is 0.482. The fourth-order valence-electron chi connectivity index (χ4n) is 3.89. The molecule has 5 nitrogen and oxygen atoms in total. The zero-order valence-corrected chi connectivity index (χ0v) is 17.1. The van der Waals surface area contributed by atoms with E-state index in [9.17, 15) is 8.42 Å². The Labute approximate surface area is 176 Å². The van der Waals surface area contributed by atoms with Gasteiger partial charge in [-0.2, -0.15) is 8.42 Å². The summed E-state index contributed by atoms with van der Waals surface area (Å²) in [5.41, 5.74) is 3.08. The zero-order valence-electron chi connectivity index (χ0n) is 16.3. The molecule has 0 atom stereocenters. The van der Waals surface area contributed by atoms with E-state index in [1.807, 2.05) is 65.4 Å². The fourth-order valence-corrected chi connectivity index (χ4v) is 4.36. The Kier molecular flexibility index (Phi) is 5.53. The molecule has 4 aromatic rings. The summed E-state index contributed by atoms with van der Waals surface area (Å²) in [6.07, 6.45) is 3.73. The van der Waals surface area contributed by atoms with Crippen molar-refractivity contribution in [2.45, 2.75) is 12.0 Å². The molecule has 0 amide bonds. The van der Waals surface area contributed by atoms with Gasteiger partial charge < -0.3 is 4.57 Å². The van der Waals surface area contributed by atoms with Crippen molar-refractivity contribution in [2.24, 2.45) is 0 Å². The van der Waals surface area contributed by atoms with Crippen LogP contribution in [0.25, 0.3) is 0 Å². The lowest BCUT2D eigenvalue weighted by atomic mass is 9.77. The Morgan fingerprint density at radius 3 is 1.60 bits per heavy atom. The predicted octanol–water partition coefficient (Wildman–Crippen LogP) is 4.15. The summed E-state index contributed by atoms with van der Waals surface area (Å²) in [5.74, 6) is -0.362. The Balaban J connectivity index is 1.96. The van der Waals surface area contributed by atoms with Crippen LogP contribution < -0.4 is 0 Å². The van der Waals surface area contributed by atoms with Gasteiger partial charge in [0.05, 0.1) is 17.8 Å². The van der Waals surface area contributed by atoms with Crippen LogP contribution in [0.4, 0.5) is 0 Å². The summed E-state index contributed by atoms with van der Waals surface area (Å²) in [5, 5.41) is 0. The number of imidazole rings is 1. The number of nitrogens with zero attached hydrogens (tertiary/aromatic N) is 2. The van der Waals surface area contributed by atoms with Crippen molar-refractivity contribution in [1.82, 2.24) is 9.55 Å². The molecule has 6 heteroatoms. The van der Waals surface area contributed by atoms with Crippen LogP contribution in [0.3, 0.4) is 0 Å². The van der Waals surface area contributed by atoms with Gasteiger partial charge in [-0.25, -0.2) is 4.98 Å². The van der Waals surface area contributed by atoms with Gasteiger partial charge in [-0.05, 0) is 16.7 Å². The molecule has 30 heavy (non-hydrogen) atoms. The molecule has 1 N–H and O–H groups in total. The Bertz CT molecular complexity index is 1110. The molecule has 4 rings (SSSR count). The van der Waals surface area contributed by atoms with Crippen LogP contribution in [-0.2, 0) is 22.1 Å². The minimum Gasteiger partial charge on any atom is -0.319 e. The third-order valence-corrected chi connectivity index (χ3v) is 5.93. The van der Waals surface area contributed by atoms with E-state index < -0.39 is 15.7 Å². The Morgan fingerprint density at radius 1 is 0.767 bits per heavy atom. The number of hydrogen-bond donors (Lipinski definition) is 1. The van der Waals surface area contributed by atoms with Crippen molar-refractivity contribution < 1.29 is 13.0 Å². The third-order valence-electron chi connectivity index (χ3n) is 5.21. The average Bonchev–Trinajstić information content (AvgIpc) is 3.24. The van der Waals surface area contributed by atoms with Crippen LogP contribution in [0, 0.1) is 0 Å². The van der Waals surface area contributed by atoms with Crippen molar-refractivity contribution in [1.29, 1.82) is 0 Å². The molecule has 1 heterocycles. The van der Waals surface area contributed by atoms with Crippen molar-refractivity contribution >= 4 is 10.1 Å². The predicted molar refractivity (Wildman–Crippen MR) is 117 cm³/mol. The smallest absolute Gasteiger partial charge is 0.265 e. The van der Waals surface area contributed by atoms with E-state index in [1.54, 1.807) is 6.33 Å². The van der Waals surface area contributed by atoms with Gasteiger partial charge >= 0.3 is 0 Å². The van der Waals surface area contributed by atoms with Crippen molar-refractivity contribution in [3.63, 3.8) is 0 Å². The van der Waals surface area contributed by atoms with Crippen LogP contribution in [0.15, 0.2) is 104 Å². The van der Waals surface area contributed by atoms with E-state index >= 15 is 0 Å². The second-order valence-corrected chi connectivity index (χ2v) is 8.69. The zero-order chi connectivity index (χ0) is 21.0. The molecule has 0 saturated carbocycles. The number of hydrogen-bond acceptors (Lipinski definition) is 3. The maximum Gasteiger partial charge on any atom is 0.265 e. The normalized spacial score (nSPS) is 12.0. The lowest BCUT2D eigenvalue weighted by Crippen LogP contribution is -2.36. The number of benzene rings is 3. The van der Waals surface area contributed by atoms with E-state index in [4.69, 9.17) is 4.55 Å². The molecule has 0 spiro atoms. The van der Waals surface area contributed by atoms with Gasteiger partial charge in [-0.15, -0.1) is 0 Å². The van der Waals surface area contributed by atoms with Gasteiger partial charge in [0.15, 0.2) is 0 Å². The number of aryl methyl sites for hydroxylation is 1. The molecular formula is C24H22N2O3S. The molecule has 152 valence electrons. The van der Waals surface area contributed by atoms with E-state index in [0.29, 0.717) is 5.69 Å². The molecule has 0 radical (unpaired) electrons. The third kappa shape index (κ3) is 3.92. The first-order valence-electron chi connectivity index (χ1n) is 9.65. The highest BCUT2D eigenvalue weighted by Crippen LogP contribution is 2.40. The van der Waals surface area contributed by atoms with Crippen LogP contribution in [0.2, 0.25) is 0 Å². The van der Waals surface area contributed by atoms with E-state index in [2.05, 4.69) is 41.4 Å². The molecular weight excluding hydrogens is 396 g/mol. The number of aromatic nitrogens is 2. The molecule has 0 saturated heterocycles. The highest BCUT2D eigenvalue weighted by Gasteiger charge is 2.38. The molecule has 0 aliphatic heterocycles. The van der Waals surface area contributed by atoms with Crippen LogP contribution >= 0.6 is 0 Å². The van der Waals surface area contributed by atoms with Gasteiger partial charge in [0.25, 0.3) is 10.1 Å². The summed E-state index contributed by atoms with van der Waals surface area (Å²) < 4.78 is 33.5. The van der Waals surface area contributed by atoms with E-state index in [1.165, 1.54) is 0 Å². The minimum atomic E-state index is -4.05. The highest BCUT2D eigenvalue weighted by atomic mass is 32.2. The van der Waals surface area contributed by atoms with Gasteiger partial charge in [0.1, 0.15) is 5.54 Å². The first-order valence-corrected chi connectivity index (χ1v) is 11.3. The van der Waals surface area contributed by atoms with Gasteiger partial charge in [0, 0.05) is 12.6 Å². The Morgan fingerprint density at radius 2 is 1.20 bits per heavy atom. The SMILES string of the molecule is O=S(=O)(O)CCc1cn(C(c2ccccc2)(c2ccccc2)c2ccccc2)cn1. The molecule has 3 aromatic carbocycles. The topological polar surface area (TPSA) is 72.2 Å². The summed E-state index contributed by atoms with van der Waals surface area (Å²) in [4.78, 5) is 4.45. The molecule has 0 unspecified atom stereocenters. The maximum atomic E-state index is 11.2. The summed E-state index contributed by atoms with van der Waals surface area (Å²) in [6.45, 7) is 0. The monoisotopic (exact) mass is 418 g/mol. The van der Waals surface area contributed by atoms with Gasteiger partial charge in [-0.1, -0.05) is 91.0 Å². The molecule has 1 aromatic heterocycles. The Hall–Kier alpha value is -3.22. The van der Waals surface area contributed by atoms with Crippen LogP contribution in [-0.4, -0.2) is 28.3 Å². The van der Waals surface area contributed by atoms with Crippen molar-refractivity contribution in [3.05, 3.63) is 126 Å². The molecule has 0 fully saturated rings. The molecule has 0 aliphatic carbocycles. The minimum absolute atomic E-state index is 0.139. The van der Waals surface area contributed by atoms with Crippen molar-refractivity contribution in [3.8, 4) is 0 Å². The summed E-state index contributed by atoms with van der Waals surface area (Å²) in [7, 11) is -4.05. The quantitative estimate of drug-likeness (QED) is 0.361. The van der Waals surface area contributed by atoms with Gasteiger partial charge in [0.2, 0.25) is 0 Å². The van der Waals surface area contributed by atoms with E-state index in [0.717, 1.165) is 16.7 Å². The second kappa shape index (κ2) is 8.26. The number of rotatable bonds is 7. The largest absolute Gasteiger partial charge is 0.319 e. The van der Waals surface area contributed by atoms with E-state index in [-0.39, 0.29) is 12.2 Å². The van der Waals surface area contributed by atoms with Crippen LogP contribution in [0.5, 0.6) is 0 Å². The summed E-state index contributed by atoms with van der Waals surface area (Å²) >= 11 is 0. The van der Waals surface area contributed by atoms with Crippen molar-refractivity contribution in [2.75, 3.05) is 5.75 Å². The first kappa shape index (κ1) is 20.1. The first-order chi connectivity index (χ1) is 14.5. The fraction of sp³-hybridized carbons (Fsp3) is 0.125. The maximum absolute atomic E-state index is 11.2. The lowest BCUT2D eigenvalue weighted by Gasteiger charge is -2.37. The second-order valence-electron chi connectivity index (χ2n) is 7.12. The molecule has 0 bridgehead atoms. The van der Waals surface area contributed by atoms with Gasteiger partial charge in [-0.3, -0.25) is 4.55 Å². The summed E-state index contributed by atoms with van der Waals surface area (Å²) in [6, 6.07) is 30.5. The molecule has 0 aliphatic rings. The highest BCUT2D eigenvalue weighted by molar-refractivity contribution is 7.85. The van der Waals surface area contributed by atoms with Crippen LogP contribution in [0.1, 0.15) is 22.4 Å². The standard InChI is InChI=1S/C24H22N2O3S/c27-30(28,29)17-16-23-18-26(19-25-23)24(20-10-4-1-5-11-20,21-12-6-2-7-13-21)22-14-8-3-9-15-22/h1-15,18-19H,16-17H2,(H,27,28,29). The average molecular weight is 419 g/mol.